The Kier molecular flexibility index (Phi) is 8.80. The van der Waals surface area contributed by atoms with Gasteiger partial charge in [-0.15, -0.1) is 0 Å². The molecule has 3 aromatic carbocycles. The number of carbonyl (C=O) groups excluding carboxylic acids is 1. The van der Waals surface area contributed by atoms with Gasteiger partial charge in [-0.1, -0.05) is 57.5 Å². The smallest absolute Gasteiger partial charge is 0.264 e. The van der Waals surface area contributed by atoms with Crippen LogP contribution in [-0.4, -0.2) is 52.1 Å². The molecule has 42 heavy (non-hydrogen) atoms. The maximum Gasteiger partial charge on any atom is 0.264 e. The average Bonchev–Trinajstić information content (AvgIpc) is 2.99. The highest BCUT2D eigenvalue weighted by atomic mass is 32.2. The molecule has 2 aliphatic heterocycles. The van der Waals surface area contributed by atoms with Gasteiger partial charge in [-0.2, -0.15) is 0 Å². The number of benzene rings is 3. The monoisotopic (exact) mass is 591 g/mol. The number of methoxy groups -OCH3 is 1. The Morgan fingerprint density at radius 3 is 2.26 bits per heavy atom. The fourth-order valence-corrected chi connectivity index (χ4v) is 6.87. The number of fused-ring (bicyclic) bond motifs is 1. The van der Waals surface area contributed by atoms with Gasteiger partial charge in [0.1, 0.15) is 11.5 Å². The normalized spacial score (nSPS) is 17.7. The van der Waals surface area contributed by atoms with Gasteiger partial charge in [-0.25, -0.2) is 8.42 Å². The summed E-state index contributed by atoms with van der Waals surface area (Å²) in [6, 6.07) is 20.1. The van der Waals surface area contributed by atoms with E-state index in [9.17, 15) is 13.2 Å². The molecule has 1 atom stereocenters. The van der Waals surface area contributed by atoms with Gasteiger partial charge >= 0.3 is 0 Å². The molecule has 0 unspecified atom stereocenters. The summed E-state index contributed by atoms with van der Waals surface area (Å²) in [5, 5.41) is 2.95. The zero-order valence-corrected chi connectivity index (χ0v) is 25.7. The van der Waals surface area contributed by atoms with Crippen molar-refractivity contribution in [1.82, 2.24) is 10.2 Å². The van der Waals surface area contributed by atoms with Gasteiger partial charge in [0.05, 0.1) is 24.2 Å². The van der Waals surface area contributed by atoms with Crippen molar-refractivity contribution in [2.24, 2.45) is 0 Å². The second-order valence-corrected chi connectivity index (χ2v) is 14.0. The van der Waals surface area contributed by atoms with Gasteiger partial charge in [0, 0.05) is 13.1 Å². The van der Waals surface area contributed by atoms with Crippen LogP contribution in [0.3, 0.4) is 0 Å². The molecule has 9 heteroatoms. The molecule has 1 amide bonds. The molecule has 0 aromatic heterocycles. The summed E-state index contributed by atoms with van der Waals surface area (Å²) in [6.45, 7) is 9.61. The van der Waals surface area contributed by atoms with Crippen molar-refractivity contribution in [2.75, 3.05) is 31.0 Å². The van der Waals surface area contributed by atoms with Gasteiger partial charge in [0.25, 0.3) is 15.9 Å². The number of amides is 1. The molecule has 224 valence electrons. The molecule has 2 heterocycles. The predicted octanol–water partition coefficient (Wildman–Crippen LogP) is 5.25. The van der Waals surface area contributed by atoms with Crippen LogP contribution in [0.1, 0.15) is 56.7 Å². The van der Waals surface area contributed by atoms with Crippen LogP contribution in [0.2, 0.25) is 0 Å². The largest absolute Gasteiger partial charge is 0.497 e. The maximum atomic E-state index is 13.9. The van der Waals surface area contributed by atoms with Crippen LogP contribution in [-0.2, 0) is 33.3 Å². The van der Waals surface area contributed by atoms with E-state index in [2.05, 4.69) is 43.1 Å². The Bertz CT molecular complexity index is 1490. The first kappa shape index (κ1) is 29.9. The maximum absolute atomic E-state index is 13.9. The lowest BCUT2D eigenvalue weighted by Crippen LogP contribution is -2.50. The van der Waals surface area contributed by atoms with Crippen LogP contribution in [0.4, 0.5) is 5.69 Å². The minimum Gasteiger partial charge on any atom is -0.497 e. The third-order valence-corrected chi connectivity index (χ3v) is 9.77. The molecule has 1 saturated heterocycles. The Labute approximate surface area is 249 Å². The van der Waals surface area contributed by atoms with E-state index in [4.69, 9.17) is 9.47 Å². The predicted molar refractivity (Wildman–Crippen MR) is 165 cm³/mol. The quantitative estimate of drug-likeness (QED) is 0.385. The van der Waals surface area contributed by atoms with E-state index < -0.39 is 16.1 Å². The average molecular weight is 592 g/mol. The van der Waals surface area contributed by atoms with Crippen molar-refractivity contribution in [3.05, 3.63) is 83.4 Å². The summed E-state index contributed by atoms with van der Waals surface area (Å²) < 4.78 is 40.5. The Morgan fingerprint density at radius 1 is 0.952 bits per heavy atom. The van der Waals surface area contributed by atoms with Crippen LogP contribution < -0.4 is 19.1 Å². The molecule has 0 aliphatic carbocycles. The first-order valence-electron chi connectivity index (χ1n) is 14.6. The van der Waals surface area contributed by atoms with Crippen LogP contribution in [0.15, 0.2) is 71.6 Å². The van der Waals surface area contributed by atoms with E-state index in [0.717, 1.165) is 30.8 Å². The van der Waals surface area contributed by atoms with Crippen LogP contribution in [0, 0.1) is 0 Å². The molecule has 1 fully saturated rings. The fourth-order valence-electron chi connectivity index (χ4n) is 5.40. The first-order valence-corrected chi connectivity index (χ1v) is 16.0. The molecule has 3 aromatic rings. The summed E-state index contributed by atoms with van der Waals surface area (Å²) in [4.78, 5) is 15.9. The second kappa shape index (κ2) is 12.4. The van der Waals surface area contributed by atoms with E-state index in [1.165, 1.54) is 48.4 Å². The molecule has 0 saturated carbocycles. The highest BCUT2D eigenvalue weighted by molar-refractivity contribution is 7.92. The van der Waals surface area contributed by atoms with Crippen molar-refractivity contribution < 1.29 is 22.7 Å². The number of nitrogens with zero attached hydrogens (tertiary/aromatic N) is 2. The fraction of sp³-hybridized carbons (Fsp3) is 0.424. The van der Waals surface area contributed by atoms with E-state index in [0.29, 0.717) is 23.7 Å². The Balaban J connectivity index is 1.33. The molecule has 0 bridgehead atoms. The van der Waals surface area contributed by atoms with E-state index in [1.54, 1.807) is 18.2 Å². The molecule has 8 nitrogen and oxygen atoms in total. The molecule has 0 radical (unpaired) electrons. The van der Waals surface area contributed by atoms with Gasteiger partial charge in [-0.05, 0) is 84.4 Å². The molecular weight excluding hydrogens is 550 g/mol. The second-order valence-electron chi connectivity index (χ2n) is 12.1. The van der Waals surface area contributed by atoms with Gasteiger partial charge in [0.15, 0.2) is 6.10 Å². The molecule has 2 aliphatic rings. The van der Waals surface area contributed by atoms with Crippen molar-refractivity contribution in [1.29, 1.82) is 0 Å². The molecular formula is C33H41N3O5S. The minimum atomic E-state index is -4.00. The van der Waals surface area contributed by atoms with Crippen LogP contribution >= 0.6 is 0 Å². The number of piperidine rings is 1. The number of hydrogen-bond acceptors (Lipinski definition) is 6. The number of sulfonamides is 1. The van der Waals surface area contributed by atoms with Crippen LogP contribution in [0.25, 0.3) is 0 Å². The summed E-state index contributed by atoms with van der Waals surface area (Å²) >= 11 is 0. The lowest BCUT2D eigenvalue weighted by atomic mass is 9.86. The van der Waals surface area contributed by atoms with Crippen LogP contribution in [0.5, 0.6) is 11.5 Å². The number of rotatable bonds is 8. The van der Waals surface area contributed by atoms with Gasteiger partial charge in [-0.3, -0.25) is 14.0 Å². The van der Waals surface area contributed by atoms with Crippen molar-refractivity contribution >= 4 is 21.6 Å². The third-order valence-electron chi connectivity index (χ3n) is 7.98. The lowest BCUT2D eigenvalue weighted by molar-refractivity contribution is -0.127. The number of anilines is 1. The zero-order chi connectivity index (χ0) is 29.9. The molecule has 0 spiro atoms. The lowest BCUT2D eigenvalue weighted by Gasteiger charge is -2.36. The highest BCUT2D eigenvalue weighted by Crippen LogP contribution is 2.40. The summed E-state index contributed by atoms with van der Waals surface area (Å²) in [7, 11) is -2.47. The number of ether oxygens (including phenoxy) is 2. The SMILES string of the molecule is COc1ccc(S(=O)(=O)N2C[C@H](C(=O)NCc3ccc(CN4CCCCC4)cc3)Oc3ccc(C(C)(C)C)cc32)cc1. The standard InChI is InChI=1S/C33H41N3O5S/c1-33(2,3)26-12-17-30-29(20-26)36(42(38,39)28-15-13-27(40-4)14-16-28)23-31(41-30)32(37)34-21-24-8-10-25(11-9-24)22-35-18-6-5-7-19-35/h8-17,20,31H,5-7,18-19,21-23H2,1-4H3,(H,34,37)/t31-/m1/s1. The Hall–Kier alpha value is -3.56. The minimum absolute atomic E-state index is 0.112. The van der Waals surface area contributed by atoms with Crippen molar-refractivity contribution in [3.63, 3.8) is 0 Å². The summed E-state index contributed by atoms with van der Waals surface area (Å²) in [5.74, 6) is 0.546. The third kappa shape index (κ3) is 6.73. The first-order chi connectivity index (χ1) is 20.0. The number of likely N-dealkylation sites (tertiary alicyclic amines) is 1. The Morgan fingerprint density at radius 2 is 1.62 bits per heavy atom. The highest BCUT2D eigenvalue weighted by Gasteiger charge is 2.38. The summed E-state index contributed by atoms with van der Waals surface area (Å²) in [6.07, 6.45) is 2.82. The van der Waals surface area contributed by atoms with Crippen molar-refractivity contribution in [3.8, 4) is 11.5 Å². The topological polar surface area (TPSA) is 88.2 Å². The van der Waals surface area contributed by atoms with Gasteiger partial charge < -0.3 is 14.8 Å². The molecule has 1 N–H and O–H groups in total. The summed E-state index contributed by atoms with van der Waals surface area (Å²) in [5.41, 5.74) is 3.41. The zero-order valence-electron chi connectivity index (χ0n) is 24.9. The number of carbonyl (C=O) groups is 1. The number of nitrogens with one attached hydrogen (secondary N) is 1. The van der Waals surface area contributed by atoms with E-state index in [1.807, 2.05) is 24.3 Å². The number of hydrogen-bond donors (Lipinski definition) is 1. The van der Waals surface area contributed by atoms with Gasteiger partial charge in [0.2, 0.25) is 0 Å². The van der Waals surface area contributed by atoms with E-state index in [-0.39, 0.29) is 22.8 Å². The molecule has 5 rings (SSSR count). The van der Waals surface area contributed by atoms with E-state index >= 15 is 0 Å². The van der Waals surface area contributed by atoms with Crippen molar-refractivity contribution in [2.45, 2.75) is 69.5 Å².